The van der Waals surface area contributed by atoms with Crippen LogP contribution in [0.25, 0.3) is 27.8 Å². The predicted molar refractivity (Wildman–Crippen MR) is 82.1 cm³/mol. The standard InChI is InChI=1S/C17H12N4/c1-2-6-13(7-3-1)16-10-17(21-12-18-11-19-21)14-8-4-5-9-15(14)20-16/h1-12H. The molecule has 0 fully saturated rings. The van der Waals surface area contributed by atoms with Gasteiger partial charge in [0.15, 0.2) is 0 Å². The van der Waals surface area contributed by atoms with E-state index >= 15 is 0 Å². The maximum absolute atomic E-state index is 4.75. The Kier molecular flexibility index (Phi) is 2.71. The van der Waals surface area contributed by atoms with Gasteiger partial charge in [-0.2, -0.15) is 5.10 Å². The Morgan fingerprint density at radius 2 is 1.67 bits per heavy atom. The van der Waals surface area contributed by atoms with Gasteiger partial charge in [-0.3, -0.25) is 0 Å². The van der Waals surface area contributed by atoms with Crippen LogP contribution in [0.3, 0.4) is 0 Å². The van der Waals surface area contributed by atoms with Crippen molar-refractivity contribution < 1.29 is 0 Å². The Balaban J connectivity index is 2.03. The van der Waals surface area contributed by atoms with Crippen molar-refractivity contribution in [3.63, 3.8) is 0 Å². The molecule has 0 aliphatic carbocycles. The lowest BCUT2D eigenvalue weighted by atomic mass is 10.1. The van der Waals surface area contributed by atoms with Crippen molar-refractivity contribution in [3.05, 3.63) is 73.3 Å². The third-order valence-electron chi connectivity index (χ3n) is 3.43. The van der Waals surface area contributed by atoms with Crippen LogP contribution in [-0.2, 0) is 0 Å². The second-order valence-electron chi connectivity index (χ2n) is 4.75. The van der Waals surface area contributed by atoms with E-state index in [1.165, 1.54) is 6.33 Å². The third-order valence-corrected chi connectivity index (χ3v) is 3.43. The number of para-hydroxylation sites is 1. The number of pyridine rings is 1. The van der Waals surface area contributed by atoms with Crippen molar-refractivity contribution in [2.75, 3.05) is 0 Å². The average molecular weight is 272 g/mol. The molecule has 0 saturated carbocycles. The fourth-order valence-electron chi connectivity index (χ4n) is 2.44. The van der Waals surface area contributed by atoms with Crippen LogP contribution in [0, 0.1) is 0 Å². The number of fused-ring (bicyclic) bond motifs is 1. The molecule has 0 aliphatic heterocycles. The van der Waals surface area contributed by atoms with Crippen LogP contribution in [0.15, 0.2) is 73.3 Å². The lowest BCUT2D eigenvalue weighted by Crippen LogP contribution is -1.98. The zero-order valence-electron chi connectivity index (χ0n) is 11.2. The number of hydrogen-bond donors (Lipinski definition) is 0. The highest BCUT2D eigenvalue weighted by molar-refractivity contribution is 5.89. The van der Waals surface area contributed by atoms with E-state index in [1.54, 1.807) is 11.0 Å². The van der Waals surface area contributed by atoms with Crippen molar-refractivity contribution in [2.45, 2.75) is 0 Å². The molecule has 0 aliphatic rings. The number of aromatic nitrogens is 4. The second-order valence-corrected chi connectivity index (χ2v) is 4.75. The summed E-state index contributed by atoms with van der Waals surface area (Å²) in [5.41, 5.74) is 3.95. The highest BCUT2D eigenvalue weighted by atomic mass is 15.3. The van der Waals surface area contributed by atoms with Crippen LogP contribution in [0.1, 0.15) is 0 Å². The summed E-state index contributed by atoms with van der Waals surface area (Å²) in [4.78, 5) is 8.79. The first-order valence-corrected chi connectivity index (χ1v) is 6.72. The molecule has 4 heteroatoms. The minimum absolute atomic E-state index is 0.930. The van der Waals surface area contributed by atoms with Crippen LogP contribution in [0.2, 0.25) is 0 Å². The van der Waals surface area contributed by atoms with E-state index in [4.69, 9.17) is 4.98 Å². The number of benzene rings is 2. The second kappa shape index (κ2) is 4.83. The van der Waals surface area contributed by atoms with Gasteiger partial charge in [0.2, 0.25) is 0 Å². The quantitative estimate of drug-likeness (QED) is 0.561. The van der Waals surface area contributed by atoms with Crippen LogP contribution >= 0.6 is 0 Å². The molecular formula is C17H12N4. The molecule has 2 heterocycles. The fraction of sp³-hybridized carbons (Fsp3) is 0. The van der Waals surface area contributed by atoms with Gasteiger partial charge < -0.3 is 0 Å². The first-order valence-electron chi connectivity index (χ1n) is 6.72. The van der Waals surface area contributed by atoms with E-state index in [0.29, 0.717) is 0 Å². The zero-order chi connectivity index (χ0) is 14.1. The van der Waals surface area contributed by atoms with E-state index in [2.05, 4.69) is 22.2 Å². The van der Waals surface area contributed by atoms with E-state index in [9.17, 15) is 0 Å². The van der Waals surface area contributed by atoms with Gasteiger partial charge in [-0.15, -0.1) is 0 Å². The zero-order valence-corrected chi connectivity index (χ0v) is 11.2. The Bertz CT molecular complexity index is 883. The highest BCUT2D eigenvalue weighted by Crippen LogP contribution is 2.26. The molecular weight excluding hydrogens is 260 g/mol. The molecule has 2 aromatic heterocycles. The summed E-state index contributed by atoms with van der Waals surface area (Å²) in [6.07, 6.45) is 3.24. The Morgan fingerprint density at radius 3 is 2.48 bits per heavy atom. The molecule has 0 radical (unpaired) electrons. The van der Waals surface area contributed by atoms with Gasteiger partial charge in [-0.1, -0.05) is 48.5 Å². The largest absolute Gasteiger partial charge is 0.248 e. The molecule has 2 aromatic carbocycles. The Labute approximate surface area is 121 Å². The van der Waals surface area contributed by atoms with Crippen LogP contribution < -0.4 is 0 Å². The van der Waals surface area contributed by atoms with Crippen molar-refractivity contribution in [1.29, 1.82) is 0 Å². The smallest absolute Gasteiger partial charge is 0.138 e. The molecule has 4 nitrogen and oxygen atoms in total. The number of hydrogen-bond acceptors (Lipinski definition) is 3. The van der Waals surface area contributed by atoms with E-state index in [1.807, 2.05) is 48.5 Å². The van der Waals surface area contributed by atoms with E-state index < -0.39 is 0 Å². The fourth-order valence-corrected chi connectivity index (χ4v) is 2.44. The summed E-state index contributed by atoms with van der Waals surface area (Å²) in [6, 6.07) is 20.3. The van der Waals surface area contributed by atoms with Crippen LogP contribution in [0.5, 0.6) is 0 Å². The van der Waals surface area contributed by atoms with Crippen molar-refractivity contribution >= 4 is 10.9 Å². The summed E-state index contributed by atoms with van der Waals surface area (Å²) in [6.45, 7) is 0. The lowest BCUT2D eigenvalue weighted by molar-refractivity contribution is 0.885. The molecule has 0 amide bonds. The van der Waals surface area contributed by atoms with E-state index in [-0.39, 0.29) is 0 Å². The van der Waals surface area contributed by atoms with E-state index in [0.717, 1.165) is 27.8 Å². The summed E-state index contributed by atoms with van der Waals surface area (Å²) in [5.74, 6) is 0. The van der Waals surface area contributed by atoms with Gasteiger partial charge in [0.05, 0.1) is 16.9 Å². The normalized spacial score (nSPS) is 10.9. The van der Waals surface area contributed by atoms with Crippen LogP contribution in [0.4, 0.5) is 0 Å². The highest BCUT2D eigenvalue weighted by Gasteiger charge is 2.09. The average Bonchev–Trinajstić information content (AvgIpc) is 3.09. The van der Waals surface area contributed by atoms with Gasteiger partial charge in [-0.25, -0.2) is 14.6 Å². The first kappa shape index (κ1) is 11.8. The molecule has 100 valence electrons. The summed E-state index contributed by atoms with van der Waals surface area (Å²) < 4.78 is 1.77. The maximum Gasteiger partial charge on any atom is 0.138 e. The topological polar surface area (TPSA) is 43.6 Å². The SMILES string of the molecule is c1ccc(-c2cc(-n3cncn3)c3ccccc3n2)cc1. The lowest BCUT2D eigenvalue weighted by Gasteiger charge is -2.09. The predicted octanol–water partition coefficient (Wildman–Crippen LogP) is 3.48. The molecule has 4 aromatic rings. The maximum atomic E-state index is 4.75. The van der Waals surface area contributed by atoms with Crippen LogP contribution in [-0.4, -0.2) is 19.7 Å². The van der Waals surface area contributed by atoms with Crippen molar-refractivity contribution in [3.8, 4) is 16.9 Å². The molecule has 0 bridgehead atoms. The minimum atomic E-state index is 0.930. The van der Waals surface area contributed by atoms with Crippen molar-refractivity contribution in [2.24, 2.45) is 0 Å². The number of nitrogens with zero attached hydrogens (tertiary/aromatic N) is 4. The summed E-state index contributed by atoms with van der Waals surface area (Å²) in [7, 11) is 0. The minimum Gasteiger partial charge on any atom is -0.248 e. The number of rotatable bonds is 2. The molecule has 4 rings (SSSR count). The van der Waals surface area contributed by atoms with Gasteiger partial charge in [-0.05, 0) is 12.1 Å². The van der Waals surface area contributed by atoms with Crippen molar-refractivity contribution in [1.82, 2.24) is 19.7 Å². The monoisotopic (exact) mass is 272 g/mol. The molecule has 21 heavy (non-hydrogen) atoms. The Morgan fingerprint density at radius 1 is 0.857 bits per heavy atom. The third kappa shape index (κ3) is 2.07. The summed E-state index contributed by atoms with van der Waals surface area (Å²) >= 11 is 0. The molecule has 0 saturated heterocycles. The first-order chi connectivity index (χ1) is 10.4. The molecule has 0 spiro atoms. The van der Waals surface area contributed by atoms with Gasteiger partial charge in [0.1, 0.15) is 12.7 Å². The molecule has 0 atom stereocenters. The summed E-state index contributed by atoms with van der Waals surface area (Å²) in [5, 5.41) is 5.31. The Hall–Kier alpha value is -3.01. The molecule has 0 N–H and O–H groups in total. The van der Waals surface area contributed by atoms with Gasteiger partial charge in [0.25, 0.3) is 0 Å². The molecule has 0 unspecified atom stereocenters. The van der Waals surface area contributed by atoms with Gasteiger partial charge in [0, 0.05) is 10.9 Å². The van der Waals surface area contributed by atoms with Gasteiger partial charge >= 0.3 is 0 Å².